The molecule has 1 unspecified atom stereocenters. The standard InChI is InChI=1S/C12H19NO4/c1-6-8-9(10(14)16-7-2)13-11(15)17-12(3,4)5/h1,9H,7-8H2,2-5H3,(H,13,15). The second kappa shape index (κ2) is 6.79. The number of alkyl carbamates (subject to hydrolysis) is 1. The maximum atomic E-state index is 11.4. The Hall–Kier alpha value is -1.70. The van der Waals surface area contributed by atoms with Crippen LogP contribution in [0.3, 0.4) is 0 Å². The van der Waals surface area contributed by atoms with Gasteiger partial charge < -0.3 is 14.8 Å². The summed E-state index contributed by atoms with van der Waals surface area (Å²) in [5, 5.41) is 2.38. The topological polar surface area (TPSA) is 64.6 Å². The molecule has 0 heterocycles. The van der Waals surface area contributed by atoms with E-state index in [1.54, 1.807) is 27.7 Å². The van der Waals surface area contributed by atoms with Gasteiger partial charge in [-0.15, -0.1) is 12.3 Å². The fourth-order valence-electron chi connectivity index (χ4n) is 1.00. The Kier molecular flexibility index (Phi) is 6.11. The third kappa shape index (κ3) is 7.23. The van der Waals surface area contributed by atoms with Gasteiger partial charge in [0.15, 0.2) is 0 Å². The number of amides is 1. The third-order valence-electron chi connectivity index (χ3n) is 1.58. The van der Waals surface area contributed by atoms with Crippen molar-refractivity contribution in [2.45, 2.75) is 45.8 Å². The van der Waals surface area contributed by atoms with E-state index in [0.717, 1.165) is 0 Å². The van der Waals surface area contributed by atoms with Gasteiger partial charge in [0.1, 0.15) is 11.6 Å². The molecule has 0 bridgehead atoms. The van der Waals surface area contributed by atoms with Crippen LogP contribution in [0.25, 0.3) is 0 Å². The lowest BCUT2D eigenvalue weighted by molar-refractivity contribution is -0.145. The minimum Gasteiger partial charge on any atom is -0.464 e. The van der Waals surface area contributed by atoms with Crippen LogP contribution in [0.2, 0.25) is 0 Å². The van der Waals surface area contributed by atoms with Crippen molar-refractivity contribution >= 4 is 12.1 Å². The van der Waals surface area contributed by atoms with Crippen molar-refractivity contribution in [2.24, 2.45) is 0 Å². The number of nitrogens with one attached hydrogen (secondary N) is 1. The van der Waals surface area contributed by atoms with Crippen LogP contribution >= 0.6 is 0 Å². The van der Waals surface area contributed by atoms with Crippen molar-refractivity contribution in [3.05, 3.63) is 0 Å². The summed E-state index contributed by atoms with van der Waals surface area (Å²) in [7, 11) is 0. The van der Waals surface area contributed by atoms with Gasteiger partial charge in [-0.2, -0.15) is 0 Å². The molecule has 1 N–H and O–H groups in total. The zero-order valence-corrected chi connectivity index (χ0v) is 10.7. The summed E-state index contributed by atoms with van der Waals surface area (Å²) in [6, 6.07) is -0.866. The molecule has 0 aromatic rings. The van der Waals surface area contributed by atoms with E-state index in [9.17, 15) is 9.59 Å². The second-order valence-corrected chi connectivity index (χ2v) is 4.36. The van der Waals surface area contributed by atoms with Gasteiger partial charge >= 0.3 is 12.1 Å². The van der Waals surface area contributed by atoms with Crippen molar-refractivity contribution < 1.29 is 19.1 Å². The number of carbonyl (C=O) groups excluding carboxylic acids is 2. The molecule has 1 atom stereocenters. The Morgan fingerprint density at radius 1 is 1.41 bits per heavy atom. The van der Waals surface area contributed by atoms with E-state index in [-0.39, 0.29) is 13.0 Å². The van der Waals surface area contributed by atoms with Crippen molar-refractivity contribution in [1.29, 1.82) is 0 Å². The smallest absolute Gasteiger partial charge is 0.408 e. The van der Waals surface area contributed by atoms with Crippen molar-refractivity contribution in [2.75, 3.05) is 6.61 Å². The minimum atomic E-state index is -0.866. The van der Waals surface area contributed by atoms with E-state index in [1.165, 1.54) is 0 Å². The fourth-order valence-corrected chi connectivity index (χ4v) is 1.00. The number of ether oxygens (including phenoxy) is 2. The van der Waals surface area contributed by atoms with Crippen LogP contribution in [0.4, 0.5) is 4.79 Å². The molecule has 0 aromatic carbocycles. The van der Waals surface area contributed by atoms with Crippen LogP contribution in [-0.2, 0) is 14.3 Å². The summed E-state index contributed by atoms with van der Waals surface area (Å²) in [5.74, 6) is 1.75. The largest absolute Gasteiger partial charge is 0.464 e. The molecule has 0 spiro atoms. The number of rotatable bonds is 4. The van der Waals surface area contributed by atoms with Crippen LogP contribution in [0.1, 0.15) is 34.1 Å². The number of hydrogen-bond donors (Lipinski definition) is 1. The lowest BCUT2D eigenvalue weighted by atomic mass is 10.2. The van der Waals surface area contributed by atoms with Gasteiger partial charge in [0.2, 0.25) is 0 Å². The molecule has 1 amide bonds. The monoisotopic (exact) mass is 241 g/mol. The number of carbonyl (C=O) groups is 2. The minimum absolute atomic E-state index is 0.0675. The normalized spacial score (nSPS) is 12.2. The van der Waals surface area contributed by atoms with Crippen LogP contribution < -0.4 is 5.32 Å². The Bertz CT molecular complexity index is 311. The van der Waals surface area contributed by atoms with Crippen LogP contribution in [0.5, 0.6) is 0 Å². The first-order valence-electron chi connectivity index (χ1n) is 5.39. The van der Waals surface area contributed by atoms with Crippen LogP contribution in [0, 0.1) is 12.3 Å². The lowest BCUT2D eigenvalue weighted by Gasteiger charge is -2.22. The highest BCUT2D eigenvalue weighted by Crippen LogP contribution is 2.07. The second-order valence-electron chi connectivity index (χ2n) is 4.36. The van der Waals surface area contributed by atoms with E-state index < -0.39 is 23.7 Å². The van der Waals surface area contributed by atoms with Crippen molar-refractivity contribution in [1.82, 2.24) is 5.32 Å². The average molecular weight is 241 g/mol. The molecule has 0 aliphatic carbocycles. The molecule has 5 nitrogen and oxygen atoms in total. The summed E-state index contributed by atoms with van der Waals surface area (Å²) >= 11 is 0. The highest BCUT2D eigenvalue weighted by molar-refractivity contribution is 5.81. The summed E-state index contributed by atoms with van der Waals surface area (Å²) in [6.07, 6.45) is 4.49. The molecule has 5 heteroatoms. The molecule has 96 valence electrons. The molecule has 0 fully saturated rings. The third-order valence-corrected chi connectivity index (χ3v) is 1.58. The van der Waals surface area contributed by atoms with Crippen LogP contribution in [0.15, 0.2) is 0 Å². The van der Waals surface area contributed by atoms with Gasteiger partial charge in [-0.3, -0.25) is 0 Å². The lowest BCUT2D eigenvalue weighted by Crippen LogP contribution is -2.44. The molecule has 0 saturated carbocycles. The first-order chi connectivity index (χ1) is 7.80. The molecule has 0 aromatic heterocycles. The predicted octanol–water partition coefficient (Wildman–Crippen LogP) is 1.47. The van der Waals surface area contributed by atoms with E-state index in [0.29, 0.717) is 0 Å². The summed E-state index contributed by atoms with van der Waals surface area (Å²) in [4.78, 5) is 22.9. The highest BCUT2D eigenvalue weighted by Gasteiger charge is 2.24. The Morgan fingerprint density at radius 3 is 2.41 bits per heavy atom. The summed E-state index contributed by atoms with van der Waals surface area (Å²) in [5.41, 5.74) is -0.626. The van der Waals surface area contributed by atoms with Crippen LogP contribution in [-0.4, -0.2) is 30.3 Å². The van der Waals surface area contributed by atoms with Gasteiger partial charge in [0.25, 0.3) is 0 Å². The van der Waals surface area contributed by atoms with E-state index in [4.69, 9.17) is 15.9 Å². The zero-order chi connectivity index (χ0) is 13.5. The SMILES string of the molecule is C#CCC(NC(=O)OC(C)(C)C)C(=O)OCC. The first kappa shape index (κ1) is 15.3. The quantitative estimate of drug-likeness (QED) is 0.598. The molecule has 0 rings (SSSR count). The van der Waals surface area contributed by atoms with Gasteiger partial charge in [0, 0.05) is 6.42 Å². The number of hydrogen-bond acceptors (Lipinski definition) is 4. The molecule has 0 saturated heterocycles. The molecule has 0 radical (unpaired) electrons. The van der Waals surface area contributed by atoms with Gasteiger partial charge in [-0.1, -0.05) is 0 Å². The highest BCUT2D eigenvalue weighted by atomic mass is 16.6. The summed E-state index contributed by atoms with van der Waals surface area (Å²) in [6.45, 7) is 7.10. The first-order valence-corrected chi connectivity index (χ1v) is 5.39. The molecule has 17 heavy (non-hydrogen) atoms. The maximum absolute atomic E-state index is 11.4. The molecular formula is C12H19NO4. The fraction of sp³-hybridized carbons (Fsp3) is 0.667. The molecule has 0 aliphatic rings. The predicted molar refractivity (Wildman–Crippen MR) is 63.2 cm³/mol. The number of esters is 1. The van der Waals surface area contributed by atoms with Gasteiger partial charge in [0.05, 0.1) is 6.61 Å². The summed E-state index contributed by atoms with van der Waals surface area (Å²) < 4.78 is 9.80. The van der Waals surface area contributed by atoms with Crippen molar-refractivity contribution in [3.8, 4) is 12.3 Å². The Labute approximate surface area is 102 Å². The van der Waals surface area contributed by atoms with Gasteiger partial charge in [-0.05, 0) is 27.7 Å². The number of terminal acetylenes is 1. The Morgan fingerprint density at radius 2 is 2.00 bits per heavy atom. The average Bonchev–Trinajstić information content (AvgIpc) is 2.14. The maximum Gasteiger partial charge on any atom is 0.408 e. The van der Waals surface area contributed by atoms with E-state index in [2.05, 4.69) is 11.2 Å². The van der Waals surface area contributed by atoms with Gasteiger partial charge in [-0.25, -0.2) is 9.59 Å². The Balaban J connectivity index is 4.40. The zero-order valence-electron chi connectivity index (χ0n) is 10.7. The van der Waals surface area contributed by atoms with Crippen molar-refractivity contribution in [3.63, 3.8) is 0 Å². The molecular weight excluding hydrogens is 222 g/mol. The van der Waals surface area contributed by atoms with E-state index >= 15 is 0 Å². The molecule has 0 aliphatic heterocycles. The van der Waals surface area contributed by atoms with E-state index in [1.807, 2.05) is 0 Å².